The Labute approximate surface area is 144 Å². The third-order valence-corrected chi connectivity index (χ3v) is 3.61. The van der Waals surface area contributed by atoms with Gasteiger partial charge in [-0.3, -0.25) is 14.9 Å². The Kier molecular flexibility index (Phi) is 4.84. The van der Waals surface area contributed by atoms with Gasteiger partial charge in [0.15, 0.2) is 0 Å². The SMILES string of the molecule is COc1ccc(-c2cc(C(=O)N/N=C(/C)c3cccnc3)[nH]n2)cc1. The summed E-state index contributed by atoms with van der Waals surface area (Å²) >= 11 is 0. The zero-order valence-corrected chi connectivity index (χ0v) is 13.9. The van der Waals surface area contributed by atoms with Crippen molar-refractivity contribution in [3.05, 3.63) is 66.1 Å². The predicted octanol–water partition coefficient (Wildman–Crippen LogP) is 2.63. The molecule has 0 bridgehead atoms. The number of benzene rings is 1. The average Bonchev–Trinajstić information content (AvgIpc) is 3.17. The van der Waals surface area contributed by atoms with Gasteiger partial charge in [0.25, 0.3) is 5.91 Å². The topological polar surface area (TPSA) is 92.3 Å². The van der Waals surface area contributed by atoms with E-state index in [2.05, 4.69) is 25.7 Å². The number of methoxy groups -OCH3 is 1. The first-order valence-corrected chi connectivity index (χ1v) is 7.62. The van der Waals surface area contributed by atoms with Crippen LogP contribution < -0.4 is 10.2 Å². The number of ether oxygens (including phenoxy) is 1. The fourth-order valence-electron chi connectivity index (χ4n) is 2.18. The van der Waals surface area contributed by atoms with Crippen LogP contribution in [-0.2, 0) is 0 Å². The largest absolute Gasteiger partial charge is 0.497 e. The molecule has 0 aliphatic rings. The van der Waals surface area contributed by atoms with Crippen molar-refractivity contribution in [3.63, 3.8) is 0 Å². The smallest absolute Gasteiger partial charge is 0.289 e. The van der Waals surface area contributed by atoms with E-state index in [0.717, 1.165) is 16.9 Å². The van der Waals surface area contributed by atoms with E-state index in [9.17, 15) is 4.79 Å². The molecule has 0 atom stereocenters. The van der Waals surface area contributed by atoms with Gasteiger partial charge in [-0.15, -0.1) is 0 Å². The van der Waals surface area contributed by atoms with Gasteiger partial charge in [0.05, 0.1) is 18.5 Å². The predicted molar refractivity (Wildman–Crippen MR) is 94.5 cm³/mol. The number of H-pyrrole nitrogens is 1. The van der Waals surface area contributed by atoms with Crippen LogP contribution in [0.2, 0.25) is 0 Å². The molecule has 25 heavy (non-hydrogen) atoms. The van der Waals surface area contributed by atoms with E-state index in [1.54, 1.807) is 32.5 Å². The monoisotopic (exact) mass is 335 g/mol. The number of aromatic amines is 1. The second-order valence-corrected chi connectivity index (χ2v) is 5.28. The van der Waals surface area contributed by atoms with Crippen molar-refractivity contribution in [3.8, 4) is 17.0 Å². The molecule has 0 saturated carbocycles. The van der Waals surface area contributed by atoms with Crippen molar-refractivity contribution in [1.82, 2.24) is 20.6 Å². The molecule has 7 nitrogen and oxygen atoms in total. The number of rotatable bonds is 5. The van der Waals surface area contributed by atoms with Gasteiger partial charge in [-0.2, -0.15) is 10.2 Å². The van der Waals surface area contributed by atoms with Gasteiger partial charge in [0.2, 0.25) is 0 Å². The Balaban J connectivity index is 1.70. The molecule has 0 aliphatic carbocycles. The van der Waals surface area contributed by atoms with Crippen LogP contribution in [-0.4, -0.2) is 33.9 Å². The van der Waals surface area contributed by atoms with Crippen molar-refractivity contribution in [2.45, 2.75) is 6.92 Å². The molecular formula is C18H17N5O2. The lowest BCUT2D eigenvalue weighted by atomic mass is 10.1. The second-order valence-electron chi connectivity index (χ2n) is 5.28. The summed E-state index contributed by atoms with van der Waals surface area (Å²) in [7, 11) is 1.61. The van der Waals surface area contributed by atoms with Crippen LogP contribution in [0.4, 0.5) is 0 Å². The highest BCUT2D eigenvalue weighted by atomic mass is 16.5. The lowest BCUT2D eigenvalue weighted by Gasteiger charge is -2.01. The summed E-state index contributed by atoms with van der Waals surface area (Å²) in [5.41, 5.74) is 5.89. The number of nitrogens with one attached hydrogen (secondary N) is 2. The van der Waals surface area contributed by atoms with Crippen molar-refractivity contribution >= 4 is 11.6 Å². The maximum absolute atomic E-state index is 12.2. The highest BCUT2D eigenvalue weighted by Crippen LogP contribution is 2.21. The van der Waals surface area contributed by atoms with E-state index in [0.29, 0.717) is 17.1 Å². The van der Waals surface area contributed by atoms with Crippen LogP contribution in [0.1, 0.15) is 23.0 Å². The fraction of sp³-hybridized carbons (Fsp3) is 0.111. The van der Waals surface area contributed by atoms with E-state index in [1.165, 1.54) is 0 Å². The molecule has 0 aliphatic heterocycles. The number of hydrazone groups is 1. The summed E-state index contributed by atoms with van der Waals surface area (Å²) in [6, 6.07) is 12.8. The van der Waals surface area contributed by atoms with Gasteiger partial charge >= 0.3 is 0 Å². The molecule has 3 rings (SSSR count). The van der Waals surface area contributed by atoms with Crippen molar-refractivity contribution < 1.29 is 9.53 Å². The normalized spacial score (nSPS) is 11.2. The van der Waals surface area contributed by atoms with Crippen molar-refractivity contribution in [1.29, 1.82) is 0 Å². The summed E-state index contributed by atoms with van der Waals surface area (Å²) in [4.78, 5) is 16.2. The van der Waals surface area contributed by atoms with E-state index < -0.39 is 0 Å². The molecule has 7 heteroatoms. The molecular weight excluding hydrogens is 318 g/mol. The molecule has 126 valence electrons. The molecule has 0 unspecified atom stereocenters. The quantitative estimate of drug-likeness (QED) is 0.554. The Hall–Kier alpha value is -3.48. The van der Waals surface area contributed by atoms with E-state index >= 15 is 0 Å². The molecule has 0 saturated heterocycles. The number of pyridine rings is 1. The average molecular weight is 335 g/mol. The Morgan fingerprint density at radius 1 is 1.24 bits per heavy atom. The number of carbonyl (C=O) groups is 1. The minimum absolute atomic E-state index is 0.327. The third-order valence-electron chi connectivity index (χ3n) is 3.61. The highest BCUT2D eigenvalue weighted by molar-refractivity contribution is 6.00. The summed E-state index contributed by atoms with van der Waals surface area (Å²) in [6.45, 7) is 1.80. The number of carbonyl (C=O) groups excluding carboxylic acids is 1. The van der Waals surface area contributed by atoms with Gasteiger partial charge in [-0.1, -0.05) is 6.07 Å². The molecule has 2 aromatic heterocycles. The second kappa shape index (κ2) is 7.39. The Morgan fingerprint density at radius 3 is 2.72 bits per heavy atom. The standard InChI is InChI=1S/C18H17N5O2/c1-12(14-4-3-9-19-11-14)20-23-18(24)17-10-16(21-22-17)13-5-7-15(25-2)8-6-13/h3-11H,1-2H3,(H,21,22)(H,23,24)/b20-12-. The van der Waals surface area contributed by atoms with Crippen LogP contribution in [0.3, 0.4) is 0 Å². The van der Waals surface area contributed by atoms with E-state index in [-0.39, 0.29) is 5.91 Å². The molecule has 2 heterocycles. The number of hydrogen-bond donors (Lipinski definition) is 2. The maximum atomic E-state index is 12.2. The maximum Gasteiger partial charge on any atom is 0.289 e. The highest BCUT2D eigenvalue weighted by Gasteiger charge is 2.11. The van der Waals surface area contributed by atoms with Crippen LogP contribution in [0.15, 0.2) is 60.0 Å². The first kappa shape index (κ1) is 16.4. The Bertz CT molecular complexity index is 885. The van der Waals surface area contributed by atoms with E-state index in [4.69, 9.17) is 4.74 Å². The summed E-state index contributed by atoms with van der Waals surface area (Å²) in [5.74, 6) is 0.396. The van der Waals surface area contributed by atoms with E-state index in [1.807, 2.05) is 36.4 Å². The molecule has 0 spiro atoms. The number of aromatic nitrogens is 3. The minimum atomic E-state index is -0.365. The molecule has 1 amide bonds. The molecule has 2 N–H and O–H groups in total. The molecule has 3 aromatic rings. The first-order valence-electron chi connectivity index (χ1n) is 7.62. The van der Waals surface area contributed by atoms with Crippen LogP contribution in [0, 0.1) is 0 Å². The lowest BCUT2D eigenvalue weighted by molar-refractivity contribution is 0.0950. The van der Waals surface area contributed by atoms with Crippen LogP contribution >= 0.6 is 0 Å². The summed E-state index contributed by atoms with van der Waals surface area (Å²) in [6.07, 6.45) is 3.36. The fourth-order valence-corrected chi connectivity index (χ4v) is 2.18. The minimum Gasteiger partial charge on any atom is -0.497 e. The summed E-state index contributed by atoms with van der Waals surface area (Å²) < 4.78 is 5.13. The van der Waals surface area contributed by atoms with Crippen molar-refractivity contribution in [2.75, 3.05) is 7.11 Å². The lowest BCUT2D eigenvalue weighted by Crippen LogP contribution is -2.19. The number of nitrogens with zero attached hydrogens (tertiary/aromatic N) is 3. The first-order chi connectivity index (χ1) is 12.2. The van der Waals surface area contributed by atoms with Gasteiger partial charge in [-0.25, -0.2) is 5.43 Å². The third kappa shape index (κ3) is 3.89. The van der Waals surface area contributed by atoms with Crippen LogP contribution in [0.25, 0.3) is 11.3 Å². The van der Waals surface area contributed by atoms with Gasteiger partial charge in [-0.05, 0) is 43.3 Å². The Morgan fingerprint density at radius 2 is 2.04 bits per heavy atom. The molecule has 1 aromatic carbocycles. The van der Waals surface area contributed by atoms with Gasteiger partial charge in [0.1, 0.15) is 11.4 Å². The number of hydrogen-bond acceptors (Lipinski definition) is 5. The van der Waals surface area contributed by atoms with Crippen LogP contribution in [0.5, 0.6) is 5.75 Å². The van der Waals surface area contributed by atoms with Gasteiger partial charge < -0.3 is 4.74 Å². The summed E-state index contributed by atoms with van der Waals surface area (Å²) in [5, 5.41) is 11.0. The zero-order chi connectivity index (χ0) is 17.6. The van der Waals surface area contributed by atoms with Crippen molar-refractivity contribution in [2.24, 2.45) is 5.10 Å². The molecule has 0 radical (unpaired) electrons. The zero-order valence-electron chi connectivity index (χ0n) is 13.9. The number of amides is 1. The molecule has 0 fully saturated rings. The van der Waals surface area contributed by atoms with Gasteiger partial charge in [0, 0.05) is 23.5 Å².